The molecule has 246 valence electrons. The van der Waals surface area contributed by atoms with Crippen LogP contribution in [-0.2, 0) is 22.6 Å². The molecule has 3 aromatic rings. The van der Waals surface area contributed by atoms with E-state index in [0.29, 0.717) is 55.7 Å². The van der Waals surface area contributed by atoms with Gasteiger partial charge in [0.15, 0.2) is 11.5 Å². The molecule has 46 heavy (non-hydrogen) atoms. The summed E-state index contributed by atoms with van der Waals surface area (Å²) in [5.74, 6) is 1.81. The summed E-state index contributed by atoms with van der Waals surface area (Å²) in [4.78, 5) is 42.7. The lowest BCUT2D eigenvalue weighted by atomic mass is 10.0. The highest BCUT2D eigenvalue weighted by Crippen LogP contribution is 2.32. The van der Waals surface area contributed by atoms with Gasteiger partial charge in [0.05, 0.1) is 12.6 Å². The molecule has 1 aromatic heterocycles. The van der Waals surface area contributed by atoms with Crippen molar-refractivity contribution in [2.45, 2.75) is 58.3 Å². The molecule has 0 spiro atoms. The summed E-state index contributed by atoms with van der Waals surface area (Å²) in [6, 6.07) is 13.0. The molecular weight excluding hydrogens is 588 g/mol. The molecule has 0 bridgehead atoms. The first-order chi connectivity index (χ1) is 22.0. The molecule has 2 aromatic carbocycles. The van der Waals surface area contributed by atoms with Crippen molar-refractivity contribution in [3.05, 3.63) is 70.0 Å². The maximum atomic E-state index is 13.4. The summed E-state index contributed by atoms with van der Waals surface area (Å²) in [5.41, 5.74) is 1.60. The predicted molar refractivity (Wildman–Crippen MR) is 177 cm³/mol. The first kappa shape index (κ1) is 32.9. The molecule has 11 heteroatoms. The summed E-state index contributed by atoms with van der Waals surface area (Å²) in [5, 5.41) is 3.41. The summed E-state index contributed by atoms with van der Waals surface area (Å²) in [6.45, 7) is 9.75. The number of methoxy groups -OCH3 is 1. The van der Waals surface area contributed by atoms with Crippen LogP contribution in [0.5, 0.6) is 17.2 Å². The largest absolute Gasteiger partial charge is 0.497 e. The third kappa shape index (κ3) is 8.00. The highest BCUT2D eigenvalue weighted by molar-refractivity contribution is 5.96. The molecule has 2 aliphatic heterocycles. The van der Waals surface area contributed by atoms with Crippen LogP contribution < -0.4 is 25.1 Å². The smallest absolute Gasteiger partial charge is 0.410 e. The van der Waals surface area contributed by atoms with Gasteiger partial charge >= 0.3 is 6.09 Å². The Labute approximate surface area is 269 Å². The Balaban J connectivity index is 1.29. The Morgan fingerprint density at radius 1 is 1.02 bits per heavy atom. The molecule has 2 aliphatic rings. The maximum Gasteiger partial charge on any atom is 0.410 e. The molecule has 0 saturated carbocycles. The van der Waals surface area contributed by atoms with E-state index in [1.807, 2.05) is 62.1 Å². The van der Waals surface area contributed by atoms with Gasteiger partial charge in [-0.05, 0) is 75.1 Å². The van der Waals surface area contributed by atoms with E-state index in [0.717, 1.165) is 42.4 Å². The van der Waals surface area contributed by atoms with Crippen molar-refractivity contribution < 1.29 is 28.5 Å². The number of fused-ring (bicyclic) bond motifs is 2. The Morgan fingerprint density at radius 2 is 1.76 bits per heavy atom. The highest BCUT2D eigenvalue weighted by atomic mass is 16.6. The SMILES string of the molecule is CNC(=O)C=Cc1cc(=O)n(CCN2CCC(N(Cc3ccc4c(c3)OCCO4)C(=O)OC(C)(C)C)CC2)c2cc(OC)ccc12. The van der Waals surface area contributed by atoms with Gasteiger partial charge < -0.3 is 38.6 Å². The van der Waals surface area contributed by atoms with Crippen molar-refractivity contribution in [3.63, 3.8) is 0 Å². The topological polar surface area (TPSA) is 112 Å². The number of piperidine rings is 1. The van der Waals surface area contributed by atoms with Gasteiger partial charge in [0.1, 0.15) is 24.6 Å². The van der Waals surface area contributed by atoms with E-state index in [-0.39, 0.29) is 23.6 Å². The normalized spacial score (nSPS) is 15.6. The molecule has 0 atom stereocenters. The zero-order valence-corrected chi connectivity index (χ0v) is 27.3. The van der Waals surface area contributed by atoms with Crippen LogP contribution in [0.4, 0.5) is 4.79 Å². The van der Waals surface area contributed by atoms with E-state index in [1.54, 1.807) is 30.9 Å². The van der Waals surface area contributed by atoms with Gasteiger partial charge in [0.2, 0.25) is 5.91 Å². The van der Waals surface area contributed by atoms with Crippen LogP contribution in [0.25, 0.3) is 17.0 Å². The first-order valence-electron chi connectivity index (χ1n) is 15.8. The quantitative estimate of drug-likeness (QED) is 0.345. The van der Waals surface area contributed by atoms with Crippen LogP contribution in [0.3, 0.4) is 0 Å². The number of amides is 2. The molecule has 0 unspecified atom stereocenters. The second-order valence-corrected chi connectivity index (χ2v) is 12.6. The number of ether oxygens (including phenoxy) is 4. The summed E-state index contributed by atoms with van der Waals surface area (Å²) < 4.78 is 24.5. The van der Waals surface area contributed by atoms with Gasteiger partial charge in [-0.25, -0.2) is 4.79 Å². The van der Waals surface area contributed by atoms with Crippen molar-refractivity contribution in [1.82, 2.24) is 19.7 Å². The number of hydrogen-bond donors (Lipinski definition) is 1. The van der Waals surface area contributed by atoms with E-state index in [9.17, 15) is 14.4 Å². The van der Waals surface area contributed by atoms with Gasteiger partial charge in [0, 0.05) is 69.4 Å². The molecule has 11 nitrogen and oxygen atoms in total. The summed E-state index contributed by atoms with van der Waals surface area (Å²) in [6.07, 6.45) is 4.29. The average Bonchev–Trinajstić information content (AvgIpc) is 3.04. The fourth-order valence-corrected chi connectivity index (χ4v) is 5.87. The lowest BCUT2D eigenvalue weighted by Crippen LogP contribution is -2.49. The molecule has 5 rings (SSSR count). The molecule has 2 amide bonds. The fraction of sp³-hybridized carbons (Fsp3) is 0.457. The second kappa shape index (κ2) is 14.3. The maximum absolute atomic E-state index is 13.4. The van der Waals surface area contributed by atoms with Crippen LogP contribution in [-0.4, -0.2) is 85.0 Å². The number of nitrogens with one attached hydrogen (secondary N) is 1. The highest BCUT2D eigenvalue weighted by Gasteiger charge is 2.31. The molecule has 0 aliphatic carbocycles. The van der Waals surface area contributed by atoms with Crippen LogP contribution >= 0.6 is 0 Å². The first-order valence-corrected chi connectivity index (χ1v) is 15.8. The van der Waals surface area contributed by atoms with Gasteiger partial charge in [-0.15, -0.1) is 0 Å². The van der Waals surface area contributed by atoms with Crippen molar-refractivity contribution in [1.29, 1.82) is 0 Å². The molecule has 1 N–H and O–H groups in total. The fourth-order valence-electron chi connectivity index (χ4n) is 5.87. The third-order valence-corrected chi connectivity index (χ3v) is 8.24. The van der Waals surface area contributed by atoms with Gasteiger partial charge in [-0.2, -0.15) is 0 Å². The van der Waals surface area contributed by atoms with Crippen LogP contribution in [0.2, 0.25) is 0 Å². The molecule has 1 fully saturated rings. The zero-order chi connectivity index (χ0) is 32.8. The zero-order valence-electron chi connectivity index (χ0n) is 27.3. The van der Waals surface area contributed by atoms with E-state index in [2.05, 4.69) is 10.2 Å². The van der Waals surface area contributed by atoms with Crippen LogP contribution in [0.15, 0.2) is 53.3 Å². The number of likely N-dealkylation sites (N-methyl/N-ethyl adjacent to an activating group) is 1. The Hall–Kier alpha value is -4.51. The number of likely N-dealkylation sites (tertiary alicyclic amines) is 1. The Kier molecular flexibility index (Phi) is 10.2. The van der Waals surface area contributed by atoms with Gasteiger partial charge in [0.25, 0.3) is 5.56 Å². The number of pyridine rings is 1. The predicted octanol–water partition coefficient (Wildman–Crippen LogP) is 4.44. The van der Waals surface area contributed by atoms with Crippen molar-refractivity contribution >= 4 is 29.0 Å². The van der Waals surface area contributed by atoms with E-state index < -0.39 is 5.60 Å². The number of nitrogens with zero attached hydrogens (tertiary/aromatic N) is 3. The summed E-state index contributed by atoms with van der Waals surface area (Å²) in [7, 11) is 3.16. The molecule has 3 heterocycles. The summed E-state index contributed by atoms with van der Waals surface area (Å²) >= 11 is 0. The second-order valence-electron chi connectivity index (χ2n) is 12.6. The number of rotatable bonds is 9. The van der Waals surface area contributed by atoms with E-state index in [4.69, 9.17) is 18.9 Å². The minimum atomic E-state index is -0.616. The minimum Gasteiger partial charge on any atom is -0.497 e. The molecule has 1 saturated heterocycles. The van der Waals surface area contributed by atoms with Crippen LogP contribution in [0, 0.1) is 0 Å². The Bertz CT molecular complexity index is 1650. The monoisotopic (exact) mass is 632 g/mol. The van der Waals surface area contributed by atoms with Gasteiger partial charge in [-0.1, -0.05) is 6.07 Å². The third-order valence-electron chi connectivity index (χ3n) is 8.24. The van der Waals surface area contributed by atoms with E-state index >= 15 is 0 Å². The van der Waals surface area contributed by atoms with Crippen LogP contribution in [0.1, 0.15) is 44.7 Å². The number of carbonyl (C=O) groups excluding carboxylic acids is 2. The van der Waals surface area contributed by atoms with Crippen molar-refractivity contribution in [2.24, 2.45) is 0 Å². The standard InChI is InChI=1S/C35H44N4O7/c1-35(2,3)46-34(42)39(23-24-6-10-30-31(20-24)45-19-18-44-30)26-12-14-37(15-13-26)16-17-38-29-22-27(43-5)8-9-28(29)25(21-33(38)41)7-11-32(40)36-4/h6-11,20-22,26H,12-19,23H2,1-5H3,(H,36,40). The van der Waals surface area contributed by atoms with Crippen molar-refractivity contribution in [2.75, 3.05) is 47.0 Å². The molecule has 0 radical (unpaired) electrons. The number of hydrogen-bond acceptors (Lipinski definition) is 8. The number of aromatic nitrogens is 1. The lowest BCUT2D eigenvalue weighted by molar-refractivity contribution is -0.116. The number of benzene rings is 2. The Morgan fingerprint density at radius 3 is 2.46 bits per heavy atom. The van der Waals surface area contributed by atoms with E-state index in [1.165, 1.54) is 6.08 Å². The minimum absolute atomic E-state index is 0.00138. The van der Waals surface area contributed by atoms with Gasteiger partial charge in [-0.3, -0.25) is 9.59 Å². The average molecular weight is 633 g/mol. The van der Waals surface area contributed by atoms with Crippen molar-refractivity contribution in [3.8, 4) is 17.2 Å². The molecular formula is C35H44N4O7. The lowest BCUT2D eigenvalue weighted by Gasteiger charge is -2.39. The number of carbonyl (C=O) groups is 2.